The molecule has 0 saturated heterocycles. The second-order valence-corrected chi connectivity index (χ2v) is 6.63. The van der Waals surface area contributed by atoms with Gasteiger partial charge in [-0.2, -0.15) is 0 Å². The summed E-state index contributed by atoms with van der Waals surface area (Å²) < 4.78 is 1.41. The molecule has 25 heavy (non-hydrogen) atoms. The van der Waals surface area contributed by atoms with E-state index < -0.39 is 0 Å². The molecule has 132 valence electrons. The number of aliphatic hydroxyl groups excluding tert-OH is 1. The summed E-state index contributed by atoms with van der Waals surface area (Å²) in [6, 6.07) is 13.5. The van der Waals surface area contributed by atoms with Gasteiger partial charge in [0.2, 0.25) is 0 Å². The van der Waals surface area contributed by atoms with E-state index in [9.17, 15) is 9.90 Å². The van der Waals surface area contributed by atoms with Crippen molar-refractivity contribution in [2.75, 3.05) is 6.61 Å². The molecule has 0 fully saturated rings. The van der Waals surface area contributed by atoms with Gasteiger partial charge in [0.1, 0.15) is 0 Å². The normalized spacial score (nSPS) is 13.0. The summed E-state index contributed by atoms with van der Waals surface area (Å²) in [5.41, 5.74) is 2.35. The molecule has 0 amide bonds. The van der Waals surface area contributed by atoms with Crippen molar-refractivity contribution in [1.82, 2.24) is 19.5 Å². The van der Waals surface area contributed by atoms with Crippen molar-refractivity contribution in [3.05, 3.63) is 70.3 Å². The summed E-state index contributed by atoms with van der Waals surface area (Å²) in [5.74, 6) is 0.283. The van der Waals surface area contributed by atoms with Gasteiger partial charge in [0.25, 0.3) is 5.56 Å². The Morgan fingerprint density at radius 3 is 2.64 bits per heavy atom. The molecule has 0 aliphatic rings. The van der Waals surface area contributed by atoms with Gasteiger partial charge < -0.3 is 5.11 Å². The minimum Gasteiger partial charge on any atom is -0.395 e. The lowest BCUT2D eigenvalue weighted by molar-refractivity contribution is 0.0774. The zero-order valence-corrected chi connectivity index (χ0v) is 14.6. The molecule has 2 aromatic heterocycles. The number of nitrogens with zero attached hydrogens (tertiary/aromatic N) is 3. The number of aromatic amines is 1. The lowest BCUT2D eigenvalue weighted by atomic mass is 10.0. The van der Waals surface area contributed by atoms with Crippen LogP contribution in [0.5, 0.6) is 0 Å². The number of nitrogens with one attached hydrogen (secondary N) is 1. The van der Waals surface area contributed by atoms with Crippen molar-refractivity contribution in [3.8, 4) is 0 Å². The van der Waals surface area contributed by atoms with Crippen LogP contribution in [0.3, 0.4) is 0 Å². The Hall–Kier alpha value is -2.44. The maximum atomic E-state index is 12.2. The lowest BCUT2D eigenvalue weighted by Gasteiger charge is -2.33. The highest BCUT2D eigenvalue weighted by Crippen LogP contribution is 2.17. The van der Waals surface area contributed by atoms with Crippen molar-refractivity contribution in [2.24, 2.45) is 5.92 Å². The van der Waals surface area contributed by atoms with E-state index >= 15 is 0 Å². The van der Waals surface area contributed by atoms with Gasteiger partial charge in [-0.1, -0.05) is 44.2 Å². The van der Waals surface area contributed by atoms with Gasteiger partial charge in [0.05, 0.1) is 12.3 Å². The molecule has 0 aliphatic heterocycles. The third-order valence-corrected chi connectivity index (χ3v) is 4.45. The molecule has 2 N–H and O–H groups in total. The van der Waals surface area contributed by atoms with Crippen molar-refractivity contribution >= 4 is 5.65 Å². The summed E-state index contributed by atoms with van der Waals surface area (Å²) in [7, 11) is 0. The minimum atomic E-state index is -0.130. The Bertz CT molecular complexity index is 870. The van der Waals surface area contributed by atoms with Crippen molar-refractivity contribution in [3.63, 3.8) is 0 Å². The summed E-state index contributed by atoms with van der Waals surface area (Å²) in [6.07, 6.45) is 1.69. The molecule has 0 spiro atoms. The number of aromatic nitrogens is 3. The number of aliphatic hydroxyl groups is 1. The van der Waals surface area contributed by atoms with E-state index in [1.54, 1.807) is 18.3 Å². The van der Waals surface area contributed by atoms with Crippen LogP contribution in [-0.2, 0) is 13.1 Å². The van der Waals surface area contributed by atoms with Crippen LogP contribution in [-0.4, -0.2) is 37.3 Å². The van der Waals surface area contributed by atoms with Crippen molar-refractivity contribution in [2.45, 2.75) is 33.0 Å². The van der Waals surface area contributed by atoms with Gasteiger partial charge in [0.15, 0.2) is 5.65 Å². The highest BCUT2D eigenvalue weighted by molar-refractivity contribution is 5.36. The first-order chi connectivity index (χ1) is 12.1. The van der Waals surface area contributed by atoms with Crippen LogP contribution in [0.2, 0.25) is 0 Å². The number of rotatable bonds is 7. The topological polar surface area (TPSA) is 73.6 Å². The largest absolute Gasteiger partial charge is 0.395 e. The van der Waals surface area contributed by atoms with E-state index in [4.69, 9.17) is 0 Å². The molecular formula is C19H24N4O2. The summed E-state index contributed by atoms with van der Waals surface area (Å²) in [6.45, 7) is 5.45. The smallest absolute Gasteiger partial charge is 0.272 e. The highest BCUT2D eigenvalue weighted by Gasteiger charge is 2.22. The van der Waals surface area contributed by atoms with E-state index in [0.29, 0.717) is 24.4 Å². The molecule has 2 heterocycles. The number of fused-ring (bicyclic) bond motifs is 1. The minimum absolute atomic E-state index is 0.00770. The zero-order valence-electron chi connectivity index (χ0n) is 14.6. The summed E-state index contributed by atoms with van der Waals surface area (Å²) in [5, 5.41) is 12.7. The van der Waals surface area contributed by atoms with Gasteiger partial charge in [0, 0.05) is 37.5 Å². The molecule has 0 aliphatic carbocycles. The average Bonchev–Trinajstić information content (AvgIpc) is 3.05. The van der Waals surface area contributed by atoms with E-state index in [-0.39, 0.29) is 24.1 Å². The number of hydrogen-bond acceptors (Lipinski definition) is 4. The fraction of sp³-hybridized carbons (Fsp3) is 0.368. The molecule has 6 heteroatoms. The van der Waals surface area contributed by atoms with Crippen LogP contribution in [0.25, 0.3) is 5.65 Å². The molecule has 0 radical (unpaired) electrons. The summed E-state index contributed by atoms with van der Waals surface area (Å²) >= 11 is 0. The first kappa shape index (κ1) is 17.4. The maximum Gasteiger partial charge on any atom is 0.272 e. The molecule has 0 saturated carbocycles. The predicted molar refractivity (Wildman–Crippen MR) is 97.2 cm³/mol. The number of hydrogen-bond donors (Lipinski definition) is 2. The van der Waals surface area contributed by atoms with Crippen LogP contribution >= 0.6 is 0 Å². The van der Waals surface area contributed by atoms with E-state index in [2.05, 4.69) is 41.0 Å². The van der Waals surface area contributed by atoms with Crippen molar-refractivity contribution in [1.29, 1.82) is 0 Å². The maximum absolute atomic E-state index is 12.2. The monoisotopic (exact) mass is 340 g/mol. The number of H-pyrrole nitrogens is 1. The van der Waals surface area contributed by atoms with Gasteiger partial charge in [-0.25, -0.2) is 9.50 Å². The first-order valence-electron chi connectivity index (χ1n) is 8.53. The molecule has 6 nitrogen and oxygen atoms in total. The van der Waals surface area contributed by atoms with Crippen LogP contribution < -0.4 is 5.56 Å². The van der Waals surface area contributed by atoms with Crippen LogP contribution in [0.4, 0.5) is 0 Å². The third kappa shape index (κ3) is 3.97. The SMILES string of the molecule is CC(C)C(CO)N(Cc1ccccc1)Cc1cc(=O)n2[nH]ccc2n1. The molecular weight excluding hydrogens is 316 g/mol. The second kappa shape index (κ2) is 7.63. The quantitative estimate of drug-likeness (QED) is 0.690. The third-order valence-electron chi connectivity index (χ3n) is 4.45. The molecule has 1 unspecified atom stereocenters. The van der Waals surface area contributed by atoms with E-state index in [1.165, 1.54) is 10.1 Å². The van der Waals surface area contributed by atoms with Crippen LogP contribution in [0, 0.1) is 5.92 Å². The predicted octanol–water partition coefficient (Wildman–Crippen LogP) is 2.04. The second-order valence-electron chi connectivity index (χ2n) is 6.63. The first-order valence-corrected chi connectivity index (χ1v) is 8.53. The fourth-order valence-corrected chi connectivity index (χ4v) is 3.12. The van der Waals surface area contributed by atoms with Gasteiger partial charge >= 0.3 is 0 Å². The summed E-state index contributed by atoms with van der Waals surface area (Å²) in [4.78, 5) is 18.9. The van der Waals surface area contributed by atoms with Gasteiger partial charge in [-0.05, 0) is 11.5 Å². The lowest BCUT2D eigenvalue weighted by Crippen LogP contribution is -2.41. The van der Waals surface area contributed by atoms with Crippen molar-refractivity contribution < 1.29 is 5.11 Å². The molecule has 3 rings (SSSR count). The van der Waals surface area contributed by atoms with Crippen LogP contribution in [0.15, 0.2) is 53.5 Å². The van der Waals surface area contributed by atoms with Gasteiger partial charge in [-0.3, -0.25) is 14.8 Å². The number of benzene rings is 1. The van der Waals surface area contributed by atoms with Gasteiger partial charge in [-0.15, -0.1) is 0 Å². The Balaban J connectivity index is 1.91. The molecule has 3 aromatic rings. The molecule has 0 bridgehead atoms. The van der Waals surface area contributed by atoms with Crippen LogP contribution in [0.1, 0.15) is 25.1 Å². The fourth-order valence-electron chi connectivity index (χ4n) is 3.12. The zero-order chi connectivity index (χ0) is 17.8. The Morgan fingerprint density at radius 1 is 1.20 bits per heavy atom. The average molecular weight is 340 g/mol. The highest BCUT2D eigenvalue weighted by atomic mass is 16.3. The molecule has 1 aromatic carbocycles. The Kier molecular flexibility index (Phi) is 5.31. The van der Waals surface area contributed by atoms with E-state index in [0.717, 1.165) is 0 Å². The standard InChI is InChI=1S/C19H24N4O2/c1-14(2)17(13-24)22(11-15-6-4-3-5-7-15)12-16-10-19(25)23-18(21-16)8-9-20-23/h3-10,14,17,20,24H,11-13H2,1-2H3. The Labute approximate surface area is 146 Å². The Morgan fingerprint density at radius 2 is 1.96 bits per heavy atom. The molecule has 1 atom stereocenters. The van der Waals surface area contributed by atoms with E-state index in [1.807, 2.05) is 18.2 Å².